The highest BCUT2D eigenvalue weighted by Gasteiger charge is 2.38. The van der Waals surface area contributed by atoms with Crippen molar-refractivity contribution < 1.29 is 9.53 Å². The summed E-state index contributed by atoms with van der Waals surface area (Å²) in [7, 11) is 0. The number of aromatic nitrogens is 3. The van der Waals surface area contributed by atoms with E-state index in [9.17, 15) is 4.79 Å². The number of anilines is 1. The lowest BCUT2D eigenvalue weighted by Gasteiger charge is -2.41. The second-order valence-electron chi connectivity index (χ2n) is 7.82. The van der Waals surface area contributed by atoms with Gasteiger partial charge >= 0.3 is 6.09 Å². The standard InChI is InChI=1S/C16H27N5O2/c1-10(2)13-18-14-17-8-11-9-20(15(22)23-16(3,4)5)7-6-12(11)21(14)19-13/h10-12H,6-9H2,1-5H3,(H,17,18,19). The summed E-state index contributed by atoms with van der Waals surface area (Å²) in [5.41, 5.74) is -0.454. The lowest BCUT2D eigenvalue weighted by Crippen LogP contribution is -2.50. The van der Waals surface area contributed by atoms with Crippen molar-refractivity contribution in [3.8, 4) is 0 Å². The van der Waals surface area contributed by atoms with E-state index in [4.69, 9.17) is 4.74 Å². The normalized spacial score (nSPS) is 24.0. The number of piperidine rings is 1. The molecule has 2 unspecified atom stereocenters. The van der Waals surface area contributed by atoms with E-state index in [0.717, 1.165) is 24.7 Å². The molecule has 0 bridgehead atoms. The number of nitrogens with zero attached hydrogens (tertiary/aromatic N) is 4. The van der Waals surface area contributed by atoms with Crippen LogP contribution in [0.4, 0.5) is 10.7 Å². The molecule has 1 N–H and O–H groups in total. The number of ether oxygens (including phenoxy) is 1. The molecule has 0 saturated carbocycles. The van der Waals surface area contributed by atoms with Crippen molar-refractivity contribution in [2.75, 3.05) is 25.0 Å². The van der Waals surface area contributed by atoms with E-state index in [1.54, 1.807) is 0 Å². The highest BCUT2D eigenvalue weighted by molar-refractivity contribution is 5.68. The van der Waals surface area contributed by atoms with Gasteiger partial charge in [0.1, 0.15) is 5.60 Å². The third-order valence-corrected chi connectivity index (χ3v) is 4.35. The van der Waals surface area contributed by atoms with Crippen molar-refractivity contribution >= 4 is 12.0 Å². The maximum absolute atomic E-state index is 12.3. The van der Waals surface area contributed by atoms with Gasteiger partial charge in [-0.1, -0.05) is 13.8 Å². The van der Waals surface area contributed by atoms with E-state index in [-0.39, 0.29) is 6.09 Å². The molecule has 0 spiro atoms. The Morgan fingerprint density at radius 2 is 2.13 bits per heavy atom. The predicted octanol–water partition coefficient (Wildman–Crippen LogP) is 2.63. The zero-order valence-corrected chi connectivity index (χ0v) is 14.7. The number of nitrogens with one attached hydrogen (secondary N) is 1. The number of hydrogen-bond donors (Lipinski definition) is 1. The van der Waals surface area contributed by atoms with Crippen LogP contribution < -0.4 is 5.32 Å². The van der Waals surface area contributed by atoms with Gasteiger partial charge in [0, 0.05) is 31.5 Å². The average molecular weight is 321 g/mol. The van der Waals surface area contributed by atoms with Crippen molar-refractivity contribution in [1.29, 1.82) is 0 Å². The second-order valence-corrected chi connectivity index (χ2v) is 7.82. The lowest BCUT2D eigenvalue weighted by atomic mass is 9.91. The summed E-state index contributed by atoms with van der Waals surface area (Å²) in [5.74, 6) is 2.39. The van der Waals surface area contributed by atoms with Crippen molar-refractivity contribution in [3.63, 3.8) is 0 Å². The summed E-state index contributed by atoms with van der Waals surface area (Å²) in [4.78, 5) is 18.7. The third-order valence-electron chi connectivity index (χ3n) is 4.35. The van der Waals surface area contributed by atoms with Gasteiger partial charge in [-0.15, -0.1) is 0 Å². The molecule has 1 fully saturated rings. The van der Waals surface area contributed by atoms with Crippen LogP contribution in [-0.4, -0.2) is 51.0 Å². The number of hydrogen-bond acceptors (Lipinski definition) is 5. The van der Waals surface area contributed by atoms with Crippen LogP contribution in [0, 0.1) is 5.92 Å². The van der Waals surface area contributed by atoms with Gasteiger partial charge in [-0.05, 0) is 27.2 Å². The first-order valence-corrected chi connectivity index (χ1v) is 8.43. The molecule has 2 atom stereocenters. The molecule has 3 heterocycles. The number of rotatable bonds is 1. The van der Waals surface area contributed by atoms with E-state index in [1.807, 2.05) is 30.4 Å². The SMILES string of the molecule is CC(C)c1nc2n(n1)C1CCN(C(=O)OC(C)(C)C)CC1CN2. The third kappa shape index (κ3) is 3.28. The van der Waals surface area contributed by atoms with Crippen molar-refractivity contribution in [2.45, 2.75) is 58.6 Å². The van der Waals surface area contributed by atoms with Gasteiger partial charge in [0.15, 0.2) is 5.82 Å². The van der Waals surface area contributed by atoms with Crippen LogP contribution in [0.2, 0.25) is 0 Å². The Morgan fingerprint density at radius 3 is 2.78 bits per heavy atom. The summed E-state index contributed by atoms with van der Waals surface area (Å²) in [5, 5.41) is 8.03. The summed E-state index contributed by atoms with van der Waals surface area (Å²) in [6.45, 7) is 12.1. The minimum atomic E-state index is -0.454. The minimum Gasteiger partial charge on any atom is -0.444 e. The summed E-state index contributed by atoms with van der Waals surface area (Å²) >= 11 is 0. The van der Waals surface area contributed by atoms with Crippen molar-refractivity contribution in [3.05, 3.63) is 5.82 Å². The number of carbonyl (C=O) groups is 1. The zero-order chi connectivity index (χ0) is 16.8. The molecule has 7 heteroatoms. The van der Waals surface area contributed by atoms with Gasteiger partial charge in [-0.25, -0.2) is 9.48 Å². The maximum atomic E-state index is 12.3. The maximum Gasteiger partial charge on any atom is 0.410 e. The first-order chi connectivity index (χ1) is 10.7. The molecule has 2 aliphatic rings. The Bertz CT molecular complexity index is 590. The molecular weight excluding hydrogens is 294 g/mol. The van der Waals surface area contributed by atoms with Crippen molar-refractivity contribution in [1.82, 2.24) is 19.7 Å². The van der Waals surface area contributed by atoms with Crippen LogP contribution in [0.15, 0.2) is 0 Å². The largest absolute Gasteiger partial charge is 0.444 e. The second kappa shape index (κ2) is 5.69. The van der Waals surface area contributed by atoms with E-state index in [0.29, 0.717) is 31.0 Å². The van der Waals surface area contributed by atoms with Gasteiger partial charge < -0.3 is 15.0 Å². The lowest BCUT2D eigenvalue weighted by molar-refractivity contribution is 0.0107. The minimum absolute atomic E-state index is 0.219. The van der Waals surface area contributed by atoms with Gasteiger partial charge in [0.25, 0.3) is 0 Å². The summed E-state index contributed by atoms with van der Waals surface area (Å²) < 4.78 is 7.52. The van der Waals surface area contributed by atoms with Gasteiger partial charge in [-0.3, -0.25) is 0 Å². The molecular formula is C16H27N5O2. The molecule has 1 saturated heterocycles. The van der Waals surface area contributed by atoms with E-state index < -0.39 is 5.60 Å². The number of likely N-dealkylation sites (tertiary alicyclic amines) is 1. The van der Waals surface area contributed by atoms with Crippen LogP contribution in [0.3, 0.4) is 0 Å². The first-order valence-electron chi connectivity index (χ1n) is 8.43. The van der Waals surface area contributed by atoms with Crippen LogP contribution in [0.5, 0.6) is 0 Å². The monoisotopic (exact) mass is 321 g/mol. The van der Waals surface area contributed by atoms with Crippen molar-refractivity contribution in [2.24, 2.45) is 5.92 Å². The molecule has 0 aromatic carbocycles. The molecule has 1 aromatic rings. The molecule has 0 radical (unpaired) electrons. The van der Waals surface area contributed by atoms with Crippen LogP contribution in [0.25, 0.3) is 0 Å². The zero-order valence-electron chi connectivity index (χ0n) is 14.7. The average Bonchev–Trinajstić information content (AvgIpc) is 2.89. The molecule has 1 aromatic heterocycles. The fraction of sp³-hybridized carbons (Fsp3) is 0.812. The number of carbonyl (C=O) groups excluding carboxylic acids is 1. The number of fused-ring (bicyclic) bond motifs is 3. The van der Waals surface area contributed by atoms with Gasteiger partial charge in [0.2, 0.25) is 5.95 Å². The van der Waals surface area contributed by atoms with Crippen LogP contribution >= 0.6 is 0 Å². The Labute approximate surface area is 137 Å². The van der Waals surface area contributed by atoms with Crippen LogP contribution in [0.1, 0.15) is 58.8 Å². The fourth-order valence-corrected chi connectivity index (χ4v) is 3.19. The smallest absolute Gasteiger partial charge is 0.410 e. The van der Waals surface area contributed by atoms with E-state index >= 15 is 0 Å². The highest BCUT2D eigenvalue weighted by atomic mass is 16.6. The molecule has 23 heavy (non-hydrogen) atoms. The molecule has 7 nitrogen and oxygen atoms in total. The van der Waals surface area contributed by atoms with E-state index in [1.165, 1.54) is 0 Å². The van der Waals surface area contributed by atoms with Gasteiger partial charge in [-0.2, -0.15) is 10.1 Å². The Hall–Kier alpha value is -1.79. The quantitative estimate of drug-likeness (QED) is 0.861. The topological polar surface area (TPSA) is 72.3 Å². The van der Waals surface area contributed by atoms with Gasteiger partial charge in [0.05, 0.1) is 6.04 Å². The molecule has 1 amide bonds. The predicted molar refractivity (Wildman–Crippen MR) is 87.6 cm³/mol. The summed E-state index contributed by atoms with van der Waals surface area (Å²) in [6, 6.07) is 0.310. The Balaban J connectivity index is 1.71. The van der Waals surface area contributed by atoms with Crippen LogP contribution in [-0.2, 0) is 4.74 Å². The molecule has 3 rings (SSSR count). The summed E-state index contributed by atoms with van der Waals surface area (Å²) in [6.07, 6.45) is 0.669. The number of amides is 1. The Kier molecular flexibility index (Phi) is 3.98. The highest BCUT2D eigenvalue weighted by Crippen LogP contribution is 2.34. The van der Waals surface area contributed by atoms with E-state index in [2.05, 4.69) is 29.2 Å². The molecule has 2 aliphatic heterocycles. The Morgan fingerprint density at radius 1 is 1.39 bits per heavy atom. The fourth-order valence-electron chi connectivity index (χ4n) is 3.19. The molecule has 0 aliphatic carbocycles. The first kappa shape index (κ1) is 16.1. The molecule has 128 valence electrons.